The number of pyridine rings is 1. The van der Waals surface area contributed by atoms with Crippen molar-refractivity contribution in [2.75, 3.05) is 0 Å². The monoisotopic (exact) mass is 255 g/mol. The van der Waals surface area contributed by atoms with Gasteiger partial charge in [-0.1, -0.05) is 17.4 Å². The summed E-state index contributed by atoms with van der Waals surface area (Å²) >= 11 is 1.32. The van der Waals surface area contributed by atoms with E-state index in [0.717, 1.165) is 22.9 Å². The van der Waals surface area contributed by atoms with E-state index >= 15 is 0 Å². The van der Waals surface area contributed by atoms with E-state index in [9.17, 15) is 4.79 Å². The number of hydrogen-bond donors (Lipinski definition) is 0. The maximum Gasteiger partial charge on any atom is 0.181 e. The standard InChI is InChI=1S/C14H9NO2S/c16-9-12-5-6-14(18-12)17-11-4-3-10-2-1-7-15-13(10)8-11/h1-9H. The molecule has 2 heterocycles. The predicted octanol–water partition coefficient (Wildman–Crippen LogP) is 3.90. The molecular weight excluding hydrogens is 246 g/mol. The summed E-state index contributed by atoms with van der Waals surface area (Å²) < 4.78 is 5.69. The molecule has 0 amide bonds. The normalized spacial score (nSPS) is 10.4. The summed E-state index contributed by atoms with van der Waals surface area (Å²) in [6.45, 7) is 0. The van der Waals surface area contributed by atoms with Crippen molar-refractivity contribution in [3.05, 3.63) is 53.5 Å². The van der Waals surface area contributed by atoms with Crippen LogP contribution >= 0.6 is 11.3 Å². The maximum atomic E-state index is 10.6. The zero-order valence-corrected chi connectivity index (χ0v) is 10.2. The Morgan fingerprint density at radius 2 is 2.11 bits per heavy atom. The summed E-state index contributed by atoms with van der Waals surface area (Å²) in [4.78, 5) is 15.5. The molecule has 18 heavy (non-hydrogen) atoms. The summed E-state index contributed by atoms with van der Waals surface area (Å²) in [5.74, 6) is 0.723. The molecule has 0 aliphatic carbocycles. The molecular formula is C14H9NO2S. The molecule has 0 saturated heterocycles. The van der Waals surface area contributed by atoms with Crippen LogP contribution < -0.4 is 4.74 Å². The molecule has 1 aromatic carbocycles. The Kier molecular flexibility index (Phi) is 2.78. The van der Waals surface area contributed by atoms with E-state index in [2.05, 4.69) is 4.98 Å². The van der Waals surface area contributed by atoms with E-state index in [1.807, 2.05) is 30.3 Å². The van der Waals surface area contributed by atoms with Crippen LogP contribution in [0.1, 0.15) is 9.67 Å². The highest BCUT2D eigenvalue weighted by atomic mass is 32.1. The van der Waals surface area contributed by atoms with E-state index in [1.165, 1.54) is 11.3 Å². The summed E-state index contributed by atoms with van der Waals surface area (Å²) in [6.07, 6.45) is 2.57. The van der Waals surface area contributed by atoms with Crippen molar-refractivity contribution in [2.45, 2.75) is 0 Å². The van der Waals surface area contributed by atoms with Crippen LogP contribution in [0.4, 0.5) is 0 Å². The molecule has 0 N–H and O–H groups in total. The third kappa shape index (κ3) is 2.10. The molecule has 0 spiro atoms. The molecule has 0 radical (unpaired) electrons. The van der Waals surface area contributed by atoms with Gasteiger partial charge < -0.3 is 4.74 Å². The van der Waals surface area contributed by atoms with Crippen molar-refractivity contribution in [2.24, 2.45) is 0 Å². The largest absolute Gasteiger partial charge is 0.447 e. The van der Waals surface area contributed by atoms with E-state index in [-0.39, 0.29) is 0 Å². The highest BCUT2D eigenvalue weighted by Crippen LogP contribution is 2.29. The molecule has 0 fully saturated rings. The second-order valence-corrected chi connectivity index (χ2v) is 4.81. The summed E-state index contributed by atoms with van der Waals surface area (Å²) in [7, 11) is 0. The van der Waals surface area contributed by atoms with Crippen molar-refractivity contribution in [3.63, 3.8) is 0 Å². The van der Waals surface area contributed by atoms with E-state index < -0.39 is 0 Å². The molecule has 3 aromatic rings. The summed E-state index contributed by atoms with van der Waals surface area (Å²) in [6, 6.07) is 13.2. The molecule has 0 aliphatic heterocycles. The van der Waals surface area contributed by atoms with Crippen LogP contribution in [0.25, 0.3) is 10.9 Å². The lowest BCUT2D eigenvalue weighted by atomic mass is 10.2. The topological polar surface area (TPSA) is 39.2 Å². The Morgan fingerprint density at radius 1 is 1.17 bits per heavy atom. The Labute approximate surface area is 108 Å². The first-order valence-electron chi connectivity index (χ1n) is 5.43. The number of benzene rings is 1. The average molecular weight is 255 g/mol. The second-order valence-electron chi connectivity index (χ2n) is 3.73. The Balaban J connectivity index is 1.92. The van der Waals surface area contributed by atoms with Gasteiger partial charge in [-0.15, -0.1) is 0 Å². The van der Waals surface area contributed by atoms with Gasteiger partial charge in [0.05, 0.1) is 10.4 Å². The zero-order valence-electron chi connectivity index (χ0n) is 9.37. The van der Waals surface area contributed by atoms with Crippen molar-refractivity contribution >= 4 is 28.5 Å². The van der Waals surface area contributed by atoms with Crippen LogP contribution in [0, 0.1) is 0 Å². The Hall–Kier alpha value is -2.20. The first-order chi connectivity index (χ1) is 8.85. The molecule has 0 unspecified atom stereocenters. The number of nitrogens with zero attached hydrogens (tertiary/aromatic N) is 1. The molecule has 0 saturated carbocycles. The SMILES string of the molecule is O=Cc1ccc(Oc2ccc3cccnc3c2)s1. The fourth-order valence-electron chi connectivity index (χ4n) is 1.68. The van der Waals surface area contributed by atoms with Crippen LogP contribution in [0.3, 0.4) is 0 Å². The van der Waals surface area contributed by atoms with Gasteiger partial charge in [0, 0.05) is 17.6 Å². The first-order valence-corrected chi connectivity index (χ1v) is 6.24. The number of rotatable bonds is 3. The number of thiophene rings is 1. The molecule has 4 heteroatoms. The van der Waals surface area contributed by atoms with Gasteiger partial charge in [0.2, 0.25) is 0 Å². The van der Waals surface area contributed by atoms with Gasteiger partial charge >= 0.3 is 0 Å². The highest BCUT2D eigenvalue weighted by molar-refractivity contribution is 7.15. The highest BCUT2D eigenvalue weighted by Gasteiger charge is 2.03. The smallest absolute Gasteiger partial charge is 0.181 e. The fourth-order valence-corrected chi connectivity index (χ4v) is 2.37. The lowest BCUT2D eigenvalue weighted by molar-refractivity contribution is 0.112. The van der Waals surface area contributed by atoms with Gasteiger partial charge in [0.25, 0.3) is 0 Å². The number of aromatic nitrogens is 1. The molecule has 3 nitrogen and oxygen atoms in total. The summed E-state index contributed by atoms with van der Waals surface area (Å²) in [5, 5.41) is 1.77. The predicted molar refractivity (Wildman–Crippen MR) is 71.5 cm³/mol. The van der Waals surface area contributed by atoms with Gasteiger partial charge in [0.1, 0.15) is 5.75 Å². The van der Waals surface area contributed by atoms with Gasteiger partial charge in [-0.05, 0) is 30.3 Å². The van der Waals surface area contributed by atoms with Crippen LogP contribution in [0.15, 0.2) is 48.7 Å². The third-order valence-corrected chi connectivity index (χ3v) is 3.40. The van der Waals surface area contributed by atoms with Gasteiger partial charge in [-0.25, -0.2) is 0 Å². The average Bonchev–Trinajstić information content (AvgIpc) is 2.86. The molecule has 2 aromatic heterocycles. The van der Waals surface area contributed by atoms with Crippen LogP contribution in [0.5, 0.6) is 10.8 Å². The van der Waals surface area contributed by atoms with Crippen molar-refractivity contribution in [1.29, 1.82) is 0 Å². The van der Waals surface area contributed by atoms with Crippen molar-refractivity contribution in [3.8, 4) is 10.8 Å². The van der Waals surface area contributed by atoms with E-state index in [4.69, 9.17) is 4.74 Å². The lowest BCUT2D eigenvalue weighted by Gasteiger charge is -2.03. The number of fused-ring (bicyclic) bond motifs is 1. The minimum atomic E-state index is 0.656. The summed E-state index contributed by atoms with van der Waals surface area (Å²) in [5.41, 5.74) is 0.891. The van der Waals surface area contributed by atoms with Crippen LogP contribution in [0.2, 0.25) is 0 Å². The van der Waals surface area contributed by atoms with E-state index in [0.29, 0.717) is 9.94 Å². The van der Waals surface area contributed by atoms with E-state index in [1.54, 1.807) is 18.3 Å². The maximum absolute atomic E-state index is 10.6. The number of ether oxygens (including phenoxy) is 1. The van der Waals surface area contributed by atoms with Crippen molar-refractivity contribution < 1.29 is 9.53 Å². The third-order valence-electron chi connectivity index (χ3n) is 2.51. The van der Waals surface area contributed by atoms with Crippen molar-refractivity contribution in [1.82, 2.24) is 4.98 Å². The molecule has 88 valence electrons. The molecule has 0 aliphatic rings. The quantitative estimate of drug-likeness (QED) is 0.666. The number of hydrogen-bond acceptors (Lipinski definition) is 4. The Morgan fingerprint density at radius 3 is 2.94 bits per heavy atom. The number of carbonyl (C=O) groups excluding carboxylic acids is 1. The van der Waals surface area contributed by atoms with Gasteiger partial charge in [-0.3, -0.25) is 9.78 Å². The zero-order chi connectivity index (χ0) is 12.4. The second kappa shape index (κ2) is 4.58. The van der Waals surface area contributed by atoms with Gasteiger partial charge in [-0.2, -0.15) is 0 Å². The van der Waals surface area contributed by atoms with Gasteiger partial charge in [0.15, 0.2) is 11.3 Å². The minimum absolute atomic E-state index is 0.656. The Bertz CT molecular complexity index is 706. The number of carbonyl (C=O) groups is 1. The molecule has 0 bridgehead atoms. The minimum Gasteiger partial charge on any atom is -0.447 e. The number of aldehydes is 1. The lowest BCUT2D eigenvalue weighted by Crippen LogP contribution is -1.82. The molecule has 0 atom stereocenters. The van der Waals surface area contributed by atoms with Crippen LogP contribution in [-0.4, -0.2) is 11.3 Å². The van der Waals surface area contributed by atoms with Crippen LogP contribution in [-0.2, 0) is 0 Å². The molecule has 3 rings (SSSR count). The first kappa shape index (κ1) is 10.9. The fraction of sp³-hybridized carbons (Fsp3) is 0.